The average molecular weight is 406 g/mol. The number of aryl methyl sites for hydroxylation is 1. The number of aliphatic hydroxyl groups is 1. The molecule has 0 amide bonds. The summed E-state index contributed by atoms with van der Waals surface area (Å²) in [5, 5.41) is 27.9. The molecule has 2 bridgehead atoms. The summed E-state index contributed by atoms with van der Waals surface area (Å²) >= 11 is 0. The van der Waals surface area contributed by atoms with E-state index in [0.29, 0.717) is 18.2 Å². The summed E-state index contributed by atoms with van der Waals surface area (Å²) < 4.78 is 2.29. The van der Waals surface area contributed by atoms with Crippen molar-refractivity contribution in [2.24, 2.45) is 5.92 Å². The molecule has 7 rings (SSSR count). The van der Waals surface area contributed by atoms with Gasteiger partial charge in [0.1, 0.15) is 5.75 Å². The Hall–Kier alpha value is -1.85. The monoisotopic (exact) mass is 405 g/mol. The fourth-order valence-corrected chi connectivity index (χ4v) is 7.09. The van der Waals surface area contributed by atoms with E-state index in [1.807, 2.05) is 12.1 Å². The smallest absolute Gasteiger partial charge is 0.115 e. The van der Waals surface area contributed by atoms with E-state index in [2.05, 4.69) is 22.6 Å². The van der Waals surface area contributed by atoms with Crippen LogP contribution >= 0.6 is 0 Å². The van der Waals surface area contributed by atoms with Crippen molar-refractivity contribution in [3.8, 4) is 5.75 Å². The zero-order valence-electron chi connectivity index (χ0n) is 17.8. The van der Waals surface area contributed by atoms with Crippen LogP contribution in [0.2, 0.25) is 0 Å². The van der Waals surface area contributed by atoms with Gasteiger partial charge in [-0.05, 0) is 86.7 Å². The van der Waals surface area contributed by atoms with Gasteiger partial charge >= 0.3 is 0 Å². The van der Waals surface area contributed by atoms with Crippen molar-refractivity contribution in [1.29, 1.82) is 0 Å². The summed E-state index contributed by atoms with van der Waals surface area (Å²) in [7, 11) is 0. The Morgan fingerprint density at radius 2 is 2.00 bits per heavy atom. The molecule has 1 unspecified atom stereocenters. The number of hydrogen-bond acceptors (Lipinski definition) is 4. The zero-order chi connectivity index (χ0) is 20.3. The number of benzene rings is 1. The highest BCUT2D eigenvalue weighted by atomic mass is 16.3. The SMILES string of the molecule is Cc1nn(C2CC2)c2c1C[C@]1(O)C3Cc4ccc(O)cc4[C@]1(CCN3CC1CC1)C2. The lowest BCUT2D eigenvalue weighted by Crippen LogP contribution is -2.74. The maximum absolute atomic E-state index is 12.6. The second kappa shape index (κ2) is 5.68. The third-order valence-electron chi connectivity index (χ3n) is 8.99. The van der Waals surface area contributed by atoms with Crippen molar-refractivity contribution in [2.45, 2.75) is 81.4 Å². The van der Waals surface area contributed by atoms with Crippen molar-refractivity contribution in [1.82, 2.24) is 14.7 Å². The minimum absolute atomic E-state index is 0.153. The Labute approximate surface area is 177 Å². The zero-order valence-corrected chi connectivity index (χ0v) is 17.8. The molecule has 3 fully saturated rings. The second-order valence-corrected chi connectivity index (χ2v) is 10.8. The molecule has 158 valence electrons. The van der Waals surface area contributed by atoms with E-state index >= 15 is 0 Å². The van der Waals surface area contributed by atoms with Crippen LogP contribution in [0.3, 0.4) is 0 Å². The van der Waals surface area contributed by atoms with Crippen molar-refractivity contribution >= 4 is 0 Å². The minimum atomic E-state index is -0.796. The van der Waals surface area contributed by atoms with Crippen LogP contribution in [0.4, 0.5) is 0 Å². The first kappa shape index (κ1) is 17.8. The molecule has 1 saturated heterocycles. The van der Waals surface area contributed by atoms with Gasteiger partial charge in [-0.3, -0.25) is 9.58 Å². The predicted octanol–water partition coefficient (Wildman–Crippen LogP) is 3.04. The summed E-state index contributed by atoms with van der Waals surface area (Å²) in [5.41, 5.74) is 5.15. The number of phenolic OH excluding ortho intramolecular Hbond substituents is 1. The summed E-state index contributed by atoms with van der Waals surface area (Å²) in [5.74, 6) is 1.14. The van der Waals surface area contributed by atoms with Crippen LogP contribution in [-0.4, -0.2) is 49.6 Å². The van der Waals surface area contributed by atoms with E-state index in [1.54, 1.807) is 0 Å². The van der Waals surface area contributed by atoms with Crippen LogP contribution in [0.25, 0.3) is 0 Å². The van der Waals surface area contributed by atoms with Gasteiger partial charge in [-0.25, -0.2) is 0 Å². The lowest BCUT2D eigenvalue weighted by molar-refractivity contribution is -0.152. The fraction of sp³-hybridized carbons (Fsp3) is 0.640. The molecule has 3 atom stereocenters. The van der Waals surface area contributed by atoms with E-state index in [0.717, 1.165) is 44.0 Å². The first-order valence-corrected chi connectivity index (χ1v) is 11.8. The first-order chi connectivity index (χ1) is 14.5. The van der Waals surface area contributed by atoms with Gasteiger partial charge in [-0.2, -0.15) is 5.10 Å². The molecule has 1 aromatic heterocycles. The number of phenols is 1. The molecule has 0 radical (unpaired) electrons. The normalized spacial score (nSPS) is 34.9. The molecule has 5 aliphatic rings. The first-order valence-electron chi connectivity index (χ1n) is 11.8. The highest BCUT2D eigenvalue weighted by Gasteiger charge is 2.65. The van der Waals surface area contributed by atoms with E-state index in [-0.39, 0.29) is 11.5 Å². The number of hydrogen-bond donors (Lipinski definition) is 2. The number of piperidine rings is 1. The number of rotatable bonds is 3. The Bertz CT molecular complexity index is 1050. The Kier molecular flexibility index (Phi) is 3.37. The standard InChI is InChI=1S/C25H31N3O2/c1-15-20-12-25(30)23-10-17-4-7-19(29)11-21(17)24(25,8-9-27(23)14-16-2-3-16)13-22(20)28(26-15)18-5-6-18/h4,7,11,16,18,23,29-30H,2-3,5-6,8-10,12-14H2,1H3/t23?,24-,25-/m0/s1. The van der Waals surface area contributed by atoms with Crippen molar-refractivity contribution in [3.63, 3.8) is 0 Å². The highest BCUT2D eigenvalue weighted by Crippen LogP contribution is 2.58. The Morgan fingerprint density at radius 1 is 1.17 bits per heavy atom. The van der Waals surface area contributed by atoms with E-state index in [4.69, 9.17) is 5.10 Å². The molecule has 5 nitrogen and oxygen atoms in total. The molecule has 2 heterocycles. The van der Waals surface area contributed by atoms with Crippen molar-refractivity contribution < 1.29 is 10.2 Å². The average Bonchev–Trinajstić information content (AvgIpc) is 3.63. The maximum Gasteiger partial charge on any atom is 0.115 e. The molecule has 30 heavy (non-hydrogen) atoms. The molecule has 2 saturated carbocycles. The molecule has 2 N–H and O–H groups in total. The van der Waals surface area contributed by atoms with Crippen LogP contribution in [0.15, 0.2) is 18.2 Å². The van der Waals surface area contributed by atoms with Crippen LogP contribution < -0.4 is 0 Å². The van der Waals surface area contributed by atoms with Gasteiger partial charge < -0.3 is 10.2 Å². The molecule has 4 aliphatic carbocycles. The number of likely N-dealkylation sites (tertiary alicyclic amines) is 1. The van der Waals surface area contributed by atoms with Gasteiger partial charge in [-0.1, -0.05) is 6.07 Å². The molecule has 1 aliphatic heterocycles. The Balaban J connectivity index is 1.43. The summed E-state index contributed by atoms with van der Waals surface area (Å²) in [6, 6.07) is 6.60. The fourth-order valence-electron chi connectivity index (χ4n) is 7.09. The van der Waals surface area contributed by atoms with Crippen LogP contribution in [-0.2, 0) is 24.7 Å². The quantitative estimate of drug-likeness (QED) is 0.824. The van der Waals surface area contributed by atoms with E-state index < -0.39 is 5.60 Å². The summed E-state index contributed by atoms with van der Waals surface area (Å²) in [6.07, 6.45) is 8.51. The minimum Gasteiger partial charge on any atom is -0.508 e. The van der Waals surface area contributed by atoms with Gasteiger partial charge in [0.2, 0.25) is 0 Å². The summed E-state index contributed by atoms with van der Waals surface area (Å²) in [6.45, 7) is 4.30. The Morgan fingerprint density at radius 3 is 2.77 bits per heavy atom. The largest absolute Gasteiger partial charge is 0.508 e. The van der Waals surface area contributed by atoms with E-state index in [9.17, 15) is 10.2 Å². The number of fused-ring (bicyclic) bond motifs is 2. The van der Waals surface area contributed by atoms with Gasteiger partial charge in [0, 0.05) is 36.5 Å². The molecule has 2 aromatic rings. The number of aromatic hydroxyl groups is 1. The van der Waals surface area contributed by atoms with Gasteiger partial charge in [0.05, 0.1) is 17.3 Å². The van der Waals surface area contributed by atoms with Crippen LogP contribution in [0.5, 0.6) is 5.75 Å². The van der Waals surface area contributed by atoms with E-state index in [1.165, 1.54) is 48.1 Å². The van der Waals surface area contributed by atoms with Crippen molar-refractivity contribution in [3.05, 3.63) is 46.3 Å². The van der Waals surface area contributed by atoms with Gasteiger partial charge in [-0.15, -0.1) is 0 Å². The number of aromatic nitrogens is 2. The second-order valence-electron chi connectivity index (χ2n) is 10.8. The lowest BCUT2D eigenvalue weighted by Gasteiger charge is -2.63. The predicted molar refractivity (Wildman–Crippen MR) is 114 cm³/mol. The van der Waals surface area contributed by atoms with Crippen LogP contribution in [0.1, 0.15) is 66.2 Å². The molecular weight excluding hydrogens is 374 g/mol. The molecular formula is C25H31N3O2. The maximum atomic E-state index is 12.6. The topological polar surface area (TPSA) is 61.5 Å². The molecule has 0 spiro atoms. The molecule has 5 heteroatoms. The third kappa shape index (κ3) is 2.23. The lowest BCUT2D eigenvalue weighted by atomic mass is 9.49. The summed E-state index contributed by atoms with van der Waals surface area (Å²) in [4.78, 5) is 2.61. The van der Waals surface area contributed by atoms with Gasteiger partial charge in [0.15, 0.2) is 0 Å². The van der Waals surface area contributed by atoms with Crippen molar-refractivity contribution in [2.75, 3.05) is 13.1 Å². The van der Waals surface area contributed by atoms with Gasteiger partial charge in [0.25, 0.3) is 0 Å². The van der Waals surface area contributed by atoms with Crippen LogP contribution in [0, 0.1) is 12.8 Å². The number of nitrogens with zero attached hydrogens (tertiary/aromatic N) is 3. The highest BCUT2D eigenvalue weighted by molar-refractivity contribution is 5.52. The molecule has 1 aromatic carbocycles. The third-order valence-corrected chi connectivity index (χ3v) is 8.99.